The maximum absolute atomic E-state index is 11.2. The van der Waals surface area contributed by atoms with E-state index >= 15 is 0 Å². The lowest BCUT2D eigenvalue weighted by molar-refractivity contribution is -0.384. The number of nitrogens with one attached hydrogen (secondary N) is 1. The van der Waals surface area contributed by atoms with E-state index in [9.17, 15) is 10.1 Å². The Bertz CT molecular complexity index is 591. The van der Waals surface area contributed by atoms with Crippen molar-refractivity contribution in [2.75, 3.05) is 11.9 Å². The van der Waals surface area contributed by atoms with Gasteiger partial charge < -0.3 is 5.32 Å². The Labute approximate surface area is 122 Å². The van der Waals surface area contributed by atoms with Crippen LogP contribution in [0.4, 0.5) is 11.5 Å². The number of anilines is 1. The van der Waals surface area contributed by atoms with Gasteiger partial charge in [-0.25, -0.2) is 4.68 Å². The quantitative estimate of drug-likeness (QED) is 0.450. The first-order chi connectivity index (χ1) is 10.1. The van der Waals surface area contributed by atoms with E-state index in [-0.39, 0.29) is 10.6 Å². The first-order valence-electron chi connectivity index (χ1n) is 6.93. The third-order valence-electron chi connectivity index (χ3n) is 3.04. The molecular formula is C12H19N7O2. The molecule has 21 heavy (non-hydrogen) atoms. The number of hydrogen-bond donors (Lipinski definition) is 1. The summed E-state index contributed by atoms with van der Waals surface area (Å²) in [7, 11) is 0. The summed E-state index contributed by atoms with van der Waals surface area (Å²) < 4.78 is 3.40. The lowest BCUT2D eigenvalue weighted by atomic mass is 10.3. The van der Waals surface area contributed by atoms with E-state index in [0.717, 1.165) is 12.8 Å². The number of aryl methyl sites for hydroxylation is 3. The predicted molar refractivity (Wildman–Crippen MR) is 77.0 cm³/mol. The number of rotatable bonds is 8. The van der Waals surface area contributed by atoms with Crippen molar-refractivity contribution < 1.29 is 4.92 Å². The molecule has 0 aliphatic heterocycles. The number of aromatic nitrogens is 5. The summed E-state index contributed by atoms with van der Waals surface area (Å²) in [4.78, 5) is 10.8. The predicted octanol–water partition coefficient (Wildman–Crippen LogP) is 1.60. The Balaban J connectivity index is 2.01. The fraction of sp³-hybridized carbons (Fsp3) is 0.583. The normalized spacial score (nSPS) is 10.8. The summed E-state index contributed by atoms with van der Waals surface area (Å²) in [6, 6.07) is 0. The van der Waals surface area contributed by atoms with Crippen molar-refractivity contribution in [3.63, 3.8) is 0 Å². The van der Waals surface area contributed by atoms with E-state index in [1.54, 1.807) is 28.7 Å². The SMILES string of the molecule is CCCn1nc(C)c([N+](=O)[O-])c1NCCCn1ccnn1. The molecule has 0 atom stereocenters. The third kappa shape index (κ3) is 3.56. The second kappa shape index (κ2) is 6.82. The summed E-state index contributed by atoms with van der Waals surface area (Å²) in [6.45, 7) is 5.64. The number of hydrogen-bond acceptors (Lipinski definition) is 6. The van der Waals surface area contributed by atoms with Crippen molar-refractivity contribution in [1.29, 1.82) is 0 Å². The van der Waals surface area contributed by atoms with Crippen LogP contribution in [0.25, 0.3) is 0 Å². The van der Waals surface area contributed by atoms with Gasteiger partial charge in [-0.1, -0.05) is 12.1 Å². The van der Waals surface area contributed by atoms with E-state index in [1.165, 1.54) is 0 Å². The summed E-state index contributed by atoms with van der Waals surface area (Å²) >= 11 is 0. The molecule has 2 heterocycles. The van der Waals surface area contributed by atoms with Gasteiger partial charge in [0.15, 0.2) is 0 Å². The minimum Gasteiger partial charge on any atom is -0.364 e. The van der Waals surface area contributed by atoms with Gasteiger partial charge in [-0.3, -0.25) is 14.8 Å². The Morgan fingerprint density at radius 2 is 2.24 bits per heavy atom. The minimum absolute atomic E-state index is 0.0594. The Morgan fingerprint density at radius 1 is 1.43 bits per heavy atom. The molecule has 0 aromatic carbocycles. The maximum atomic E-state index is 11.2. The van der Waals surface area contributed by atoms with Crippen molar-refractivity contribution in [3.05, 3.63) is 28.2 Å². The smallest absolute Gasteiger partial charge is 0.333 e. The van der Waals surface area contributed by atoms with Gasteiger partial charge in [0.1, 0.15) is 5.69 Å². The molecule has 0 bridgehead atoms. The van der Waals surface area contributed by atoms with Gasteiger partial charge >= 0.3 is 5.69 Å². The Kier molecular flexibility index (Phi) is 4.85. The summed E-state index contributed by atoms with van der Waals surface area (Å²) in [5.74, 6) is 0.484. The van der Waals surface area contributed by atoms with Crippen molar-refractivity contribution in [2.24, 2.45) is 0 Å². The third-order valence-corrected chi connectivity index (χ3v) is 3.04. The molecule has 0 spiro atoms. The highest BCUT2D eigenvalue weighted by molar-refractivity contribution is 5.59. The molecule has 0 aliphatic carbocycles. The van der Waals surface area contributed by atoms with Crippen LogP contribution in [0.5, 0.6) is 0 Å². The highest BCUT2D eigenvalue weighted by atomic mass is 16.6. The van der Waals surface area contributed by atoms with Gasteiger partial charge in [0.05, 0.1) is 11.1 Å². The highest BCUT2D eigenvalue weighted by Crippen LogP contribution is 2.28. The van der Waals surface area contributed by atoms with Crippen molar-refractivity contribution in [3.8, 4) is 0 Å². The summed E-state index contributed by atoms with van der Waals surface area (Å²) in [5.41, 5.74) is 0.497. The van der Waals surface area contributed by atoms with E-state index in [1.807, 2.05) is 6.92 Å². The molecule has 114 valence electrons. The standard InChI is InChI=1S/C12H19N7O2/c1-3-7-18-12(11(19(20)21)10(2)15-18)13-5-4-8-17-9-6-14-16-17/h6,9,13H,3-5,7-8H2,1-2H3. The molecule has 0 radical (unpaired) electrons. The molecule has 0 fully saturated rings. The molecular weight excluding hydrogens is 274 g/mol. The van der Waals surface area contributed by atoms with E-state index in [2.05, 4.69) is 20.7 Å². The van der Waals surface area contributed by atoms with Crippen LogP contribution in [0.15, 0.2) is 12.4 Å². The minimum atomic E-state index is -0.381. The molecule has 0 unspecified atom stereocenters. The first kappa shape index (κ1) is 14.9. The monoisotopic (exact) mass is 293 g/mol. The van der Waals surface area contributed by atoms with Gasteiger partial charge in [0.25, 0.3) is 0 Å². The molecule has 2 rings (SSSR count). The fourth-order valence-electron chi connectivity index (χ4n) is 2.14. The largest absolute Gasteiger partial charge is 0.364 e. The molecule has 0 aliphatic rings. The van der Waals surface area contributed by atoms with Gasteiger partial charge in [-0.15, -0.1) is 5.10 Å². The lowest BCUT2D eigenvalue weighted by Crippen LogP contribution is -2.12. The van der Waals surface area contributed by atoms with E-state index in [0.29, 0.717) is 31.1 Å². The van der Waals surface area contributed by atoms with Gasteiger partial charge in [0, 0.05) is 25.8 Å². The molecule has 2 aromatic heterocycles. The van der Waals surface area contributed by atoms with Crippen LogP contribution in [0, 0.1) is 17.0 Å². The first-order valence-corrected chi connectivity index (χ1v) is 6.93. The molecule has 2 aromatic rings. The van der Waals surface area contributed by atoms with Crippen LogP contribution in [0.2, 0.25) is 0 Å². The Hall–Kier alpha value is -2.45. The van der Waals surface area contributed by atoms with E-state index < -0.39 is 0 Å². The van der Waals surface area contributed by atoms with Gasteiger partial charge in [-0.2, -0.15) is 5.10 Å². The van der Waals surface area contributed by atoms with Crippen LogP contribution in [-0.2, 0) is 13.1 Å². The van der Waals surface area contributed by atoms with Crippen LogP contribution < -0.4 is 5.32 Å². The Morgan fingerprint density at radius 3 is 2.86 bits per heavy atom. The lowest BCUT2D eigenvalue weighted by Gasteiger charge is -2.08. The zero-order valence-electron chi connectivity index (χ0n) is 12.2. The fourth-order valence-corrected chi connectivity index (χ4v) is 2.14. The highest BCUT2D eigenvalue weighted by Gasteiger charge is 2.24. The summed E-state index contributed by atoms with van der Waals surface area (Å²) in [6.07, 6.45) is 5.06. The molecule has 1 N–H and O–H groups in total. The summed E-state index contributed by atoms with van der Waals surface area (Å²) in [5, 5.41) is 26.1. The van der Waals surface area contributed by atoms with Crippen LogP contribution >= 0.6 is 0 Å². The van der Waals surface area contributed by atoms with Crippen LogP contribution in [0.3, 0.4) is 0 Å². The van der Waals surface area contributed by atoms with Crippen LogP contribution in [0.1, 0.15) is 25.5 Å². The van der Waals surface area contributed by atoms with Crippen molar-refractivity contribution in [2.45, 2.75) is 39.8 Å². The molecule has 0 amide bonds. The maximum Gasteiger partial charge on any atom is 0.333 e. The van der Waals surface area contributed by atoms with Crippen molar-refractivity contribution >= 4 is 11.5 Å². The zero-order valence-corrected chi connectivity index (χ0v) is 12.2. The van der Waals surface area contributed by atoms with Gasteiger partial charge in [0.2, 0.25) is 5.82 Å². The second-order valence-corrected chi connectivity index (χ2v) is 4.71. The average Bonchev–Trinajstić information content (AvgIpc) is 3.03. The molecule has 9 nitrogen and oxygen atoms in total. The zero-order chi connectivity index (χ0) is 15.2. The number of nitrogens with zero attached hydrogens (tertiary/aromatic N) is 6. The molecule has 9 heteroatoms. The van der Waals surface area contributed by atoms with Gasteiger partial charge in [-0.05, 0) is 19.8 Å². The van der Waals surface area contributed by atoms with Crippen molar-refractivity contribution in [1.82, 2.24) is 24.8 Å². The number of nitro groups is 1. The topological polar surface area (TPSA) is 104 Å². The second-order valence-electron chi connectivity index (χ2n) is 4.71. The average molecular weight is 293 g/mol. The van der Waals surface area contributed by atoms with Crippen LogP contribution in [-0.4, -0.2) is 36.2 Å². The van der Waals surface area contributed by atoms with E-state index in [4.69, 9.17) is 0 Å². The molecule has 0 saturated heterocycles. The molecule has 0 saturated carbocycles.